The second-order valence-electron chi connectivity index (χ2n) is 8.29. The fraction of sp³-hybridized carbons (Fsp3) is 0.296. The van der Waals surface area contributed by atoms with Crippen LogP contribution in [0.2, 0.25) is 0 Å². The Morgan fingerprint density at radius 3 is 2.20 bits per heavy atom. The molecule has 0 aromatic heterocycles. The highest BCUT2D eigenvalue weighted by Crippen LogP contribution is 2.33. The van der Waals surface area contributed by atoms with Crippen molar-refractivity contribution in [2.75, 3.05) is 24.6 Å². The van der Waals surface area contributed by atoms with Gasteiger partial charge in [-0.15, -0.1) is 0 Å². The molecule has 8 heteroatoms. The molecule has 35 heavy (non-hydrogen) atoms. The fourth-order valence-electron chi connectivity index (χ4n) is 3.65. The highest BCUT2D eigenvalue weighted by Gasteiger charge is 2.30. The first-order valence-corrected chi connectivity index (χ1v) is 12.9. The van der Waals surface area contributed by atoms with Crippen LogP contribution in [0.4, 0.5) is 5.69 Å². The summed E-state index contributed by atoms with van der Waals surface area (Å²) in [5.41, 5.74) is 2.96. The van der Waals surface area contributed by atoms with E-state index in [1.807, 2.05) is 58.0 Å². The van der Waals surface area contributed by atoms with E-state index in [-0.39, 0.29) is 10.9 Å². The van der Waals surface area contributed by atoms with E-state index in [1.165, 1.54) is 7.11 Å². The molecular formula is C27H32N2O5S. The molecule has 1 atom stereocenters. The SMILES string of the molecule is CCOc1ccc([C@H](C)NC(=O)CN(c2cc(C)ccc2OC)S(=O)(=O)c2ccc(C)cc2)cc1. The Kier molecular flexibility index (Phi) is 8.40. The standard InChI is InChI=1S/C27H32N2O5S/c1-6-34-23-12-10-22(11-13-23)21(4)28-27(30)18-29(25-17-20(3)9-16-26(25)33-5)35(31,32)24-14-7-19(2)8-15-24/h7-17,21H,6,18H2,1-5H3,(H,28,30)/t21-/m0/s1. The highest BCUT2D eigenvalue weighted by atomic mass is 32.2. The number of sulfonamides is 1. The van der Waals surface area contributed by atoms with Gasteiger partial charge in [0.15, 0.2) is 0 Å². The number of anilines is 1. The summed E-state index contributed by atoms with van der Waals surface area (Å²) in [5, 5.41) is 2.91. The number of nitrogens with zero attached hydrogens (tertiary/aromatic N) is 1. The van der Waals surface area contributed by atoms with Crippen molar-refractivity contribution in [3.05, 3.63) is 83.4 Å². The van der Waals surface area contributed by atoms with E-state index in [9.17, 15) is 13.2 Å². The summed E-state index contributed by atoms with van der Waals surface area (Å²) in [6.45, 7) is 7.66. The minimum Gasteiger partial charge on any atom is -0.495 e. The van der Waals surface area contributed by atoms with Crippen molar-refractivity contribution in [1.29, 1.82) is 0 Å². The van der Waals surface area contributed by atoms with E-state index in [0.29, 0.717) is 18.0 Å². The topological polar surface area (TPSA) is 84.9 Å². The molecule has 0 unspecified atom stereocenters. The summed E-state index contributed by atoms with van der Waals surface area (Å²) in [6, 6.07) is 18.9. The molecule has 0 aliphatic rings. The Morgan fingerprint density at radius 1 is 0.971 bits per heavy atom. The minimum atomic E-state index is -4.05. The lowest BCUT2D eigenvalue weighted by molar-refractivity contribution is -0.120. The summed E-state index contributed by atoms with van der Waals surface area (Å²) < 4.78 is 39.4. The molecule has 0 heterocycles. The molecule has 0 radical (unpaired) electrons. The van der Waals surface area contributed by atoms with Crippen LogP contribution in [0.5, 0.6) is 11.5 Å². The van der Waals surface area contributed by atoms with Gasteiger partial charge < -0.3 is 14.8 Å². The quantitative estimate of drug-likeness (QED) is 0.437. The molecule has 1 amide bonds. The highest BCUT2D eigenvalue weighted by molar-refractivity contribution is 7.92. The maximum Gasteiger partial charge on any atom is 0.264 e. The molecule has 3 rings (SSSR count). The molecule has 0 bridgehead atoms. The van der Waals surface area contributed by atoms with Gasteiger partial charge in [-0.05, 0) is 75.2 Å². The smallest absolute Gasteiger partial charge is 0.264 e. The van der Waals surface area contributed by atoms with Gasteiger partial charge in [-0.2, -0.15) is 0 Å². The van der Waals surface area contributed by atoms with Crippen molar-refractivity contribution in [2.45, 2.75) is 38.6 Å². The van der Waals surface area contributed by atoms with Gasteiger partial charge in [0, 0.05) is 0 Å². The Labute approximate surface area is 207 Å². The van der Waals surface area contributed by atoms with Gasteiger partial charge in [-0.25, -0.2) is 8.42 Å². The van der Waals surface area contributed by atoms with Crippen LogP contribution < -0.4 is 19.1 Å². The number of rotatable bonds is 10. The number of ether oxygens (including phenoxy) is 2. The number of hydrogen-bond acceptors (Lipinski definition) is 5. The van der Waals surface area contributed by atoms with Crippen LogP contribution in [0.25, 0.3) is 0 Å². The number of carbonyl (C=O) groups is 1. The van der Waals surface area contributed by atoms with E-state index >= 15 is 0 Å². The molecular weight excluding hydrogens is 464 g/mol. The summed E-state index contributed by atoms with van der Waals surface area (Å²) in [4.78, 5) is 13.2. The van der Waals surface area contributed by atoms with Crippen LogP contribution in [0.15, 0.2) is 71.6 Å². The number of nitrogens with one attached hydrogen (secondary N) is 1. The van der Waals surface area contributed by atoms with Crippen molar-refractivity contribution in [3.8, 4) is 11.5 Å². The Hall–Kier alpha value is -3.52. The Balaban J connectivity index is 1.91. The molecule has 0 saturated carbocycles. The predicted octanol–water partition coefficient (Wildman–Crippen LogP) is 4.78. The Morgan fingerprint density at radius 2 is 1.60 bits per heavy atom. The molecule has 0 aliphatic heterocycles. The van der Waals surface area contributed by atoms with Gasteiger partial charge in [0.05, 0.1) is 30.3 Å². The average Bonchev–Trinajstić information content (AvgIpc) is 2.83. The van der Waals surface area contributed by atoms with Gasteiger partial charge in [-0.3, -0.25) is 9.10 Å². The summed E-state index contributed by atoms with van der Waals surface area (Å²) in [5.74, 6) is 0.668. The molecule has 1 N–H and O–H groups in total. The first-order valence-electron chi connectivity index (χ1n) is 11.4. The van der Waals surface area contributed by atoms with Gasteiger partial charge >= 0.3 is 0 Å². The lowest BCUT2D eigenvalue weighted by Gasteiger charge is -2.27. The first kappa shape index (κ1) is 26.1. The monoisotopic (exact) mass is 496 g/mol. The summed E-state index contributed by atoms with van der Waals surface area (Å²) in [7, 11) is -2.58. The third kappa shape index (κ3) is 6.33. The number of methoxy groups -OCH3 is 1. The maximum atomic E-state index is 13.7. The number of hydrogen-bond donors (Lipinski definition) is 1. The van der Waals surface area contributed by atoms with E-state index in [2.05, 4.69) is 5.32 Å². The van der Waals surface area contributed by atoms with Crippen LogP contribution >= 0.6 is 0 Å². The Bertz CT molecular complexity index is 1260. The predicted molar refractivity (Wildman–Crippen MR) is 138 cm³/mol. The van der Waals surface area contributed by atoms with Crippen LogP contribution in [0.3, 0.4) is 0 Å². The average molecular weight is 497 g/mol. The van der Waals surface area contributed by atoms with Gasteiger partial charge in [0.25, 0.3) is 10.0 Å². The number of carbonyl (C=O) groups excluding carboxylic acids is 1. The maximum absolute atomic E-state index is 13.7. The molecule has 0 aliphatic carbocycles. The molecule has 0 fully saturated rings. The van der Waals surface area contributed by atoms with Crippen molar-refractivity contribution < 1.29 is 22.7 Å². The van der Waals surface area contributed by atoms with Crippen molar-refractivity contribution in [1.82, 2.24) is 5.32 Å². The van der Waals surface area contributed by atoms with Crippen LogP contribution in [-0.4, -0.2) is 34.6 Å². The number of amides is 1. The minimum absolute atomic E-state index is 0.0963. The van der Waals surface area contributed by atoms with Crippen molar-refractivity contribution >= 4 is 21.6 Å². The zero-order valence-corrected chi connectivity index (χ0v) is 21.6. The molecule has 7 nitrogen and oxygen atoms in total. The zero-order valence-electron chi connectivity index (χ0n) is 20.7. The summed E-state index contributed by atoms with van der Waals surface area (Å²) >= 11 is 0. The first-order chi connectivity index (χ1) is 16.6. The molecule has 3 aromatic carbocycles. The van der Waals surface area contributed by atoms with E-state index in [0.717, 1.165) is 26.7 Å². The third-order valence-corrected chi connectivity index (χ3v) is 7.34. The van der Waals surface area contributed by atoms with E-state index < -0.39 is 22.5 Å². The lowest BCUT2D eigenvalue weighted by atomic mass is 10.1. The lowest BCUT2D eigenvalue weighted by Crippen LogP contribution is -2.41. The van der Waals surface area contributed by atoms with Crippen molar-refractivity contribution in [3.63, 3.8) is 0 Å². The second kappa shape index (κ2) is 11.3. The normalized spacial score (nSPS) is 12.0. The van der Waals surface area contributed by atoms with Crippen molar-refractivity contribution in [2.24, 2.45) is 0 Å². The second-order valence-corrected chi connectivity index (χ2v) is 10.2. The fourth-order valence-corrected chi connectivity index (χ4v) is 5.08. The zero-order chi connectivity index (χ0) is 25.6. The van der Waals surface area contributed by atoms with Gasteiger partial charge in [0.2, 0.25) is 5.91 Å². The third-order valence-electron chi connectivity index (χ3n) is 5.57. The number of benzene rings is 3. The van der Waals surface area contributed by atoms with Crippen LogP contribution in [0.1, 0.15) is 36.6 Å². The molecule has 186 valence electrons. The van der Waals surface area contributed by atoms with Gasteiger partial charge in [0.1, 0.15) is 18.0 Å². The summed E-state index contributed by atoms with van der Waals surface area (Å²) in [6.07, 6.45) is 0. The molecule has 0 spiro atoms. The number of aryl methyl sites for hydroxylation is 2. The van der Waals surface area contributed by atoms with E-state index in [4.69, 9.17) is 9.47 Å². The van der Waals surface area contributed by atoms with Crippen LogP contribution in [-0.2, 0) is 14.8 Å². The molecule has 0 saturated heterocycles. The molecule has 3 aromatic rings. The van der Waals surface area contributed by atoms with Crippen LogP contribution in [0, 0.1) is 13.8 Å². The van der Waals surface area contributed by atoms with E-state index in [1.54, 1.807) is 36.4 Å². The van der Waals surface area contributed by atoms with Gasteiger partial charge in [-0.1, -0.05) is 35.9 Å². The largest absolute Gasteiger partial charge is 0.495 e.